The molecule has 0 radical (unpaired) electrons. The van der Waals surface area contributed by atoms with Gasteiger partial charge in [0.05, 0.1) is 11.1 Å². The van der Waals surface area contributed by atoms with Crippen molar-refractivity contribution in [2.24, 2.45) is 0 Å². The van der Waals surface area contributed by atoms with E-state index in [-0.39, 0.29) is 12.2 Å². The molecule has 0 saturated carbocycles. The Morgan fingerprint density at radius 3 is 2.74 bits per heavy atom. The largest absolute Gasteiger partial charge is 0.416 e. The lowest BCUT2D eigenvalue weighted by Crippen LogP contribution is -2.45. The normalized spacial score (nSPS) is 23.6. The Hall–Kier alpha value is -1.36. The Labute approximate surface area is 110 Å². The van der Waals surface area contributed by atoms with Gasteiger partial charge in [-0.05, 0) is 37.9 Å². The number of Topliss-reactive ketones (excluding diaryl/α,β-unsaturated/α-hetero) is 1. The number of carbonyl (C=O) groups excluding carboxylic acids is 1. The van der Waals surface area contributed by atoms with Gasteiger partial charge in [-0.2, -0.15) is 13.2 Å². The molecule has 0 bridgehead atoms. The van der Waals surface area contributed by atoms with Gasteiger partial charge in [-0.15, -0.1) is 0 Å². The average molecular weight is 271 g/mol. The summed E-state index contributed by atoms with van der Waals surface area (Å²) in [5, 5.41) is 3.13. The molecule has 1 aliphatic rings. The Kier molecular flexibility index (Phi) is 3.67. The third kappa shape index (κ3) is 3.15. The van der Waals surface area contributed by atoms with Crippen LogP contribution in [0, 0.1) is 0 Å². The molecule has 0 spiro atoms. The van der Waals surface area contributed by atoms with Crippen LogP contribution in [-0.2, 0) is 17.4 Å². The number of hydrogen-bond acceptors (Lipinski definition) is 2. The van der Waals surface area contributed by atoms with Crippen LogP contribution >= 0.6 is 0 Å². The van der Waals surface area contributed by atoms with Crippen LogP contribution < -0.4 is 5.32 Å². The summed E-state index contributed by atoms with van der Waals surface area (Å²) in [6, 6.07) is 4.97. The third-order valence-corrected chi connectivity index (χ3v) is 3.60. The van der Waals surface area contributed by atoms with Crippen LogP contribution in [0.5, 0.6) is 0 Å². The third-order valence-electron chi connectivity index (χ3n) is 3.60. The van der Waals surface area contributed by atoms with Crippen LogP contribution in [0.2, 0.25) is 0 Å². The zero-order valence-corrected chi connectivity index (χ0v) is 10.7. The molecule has 1 aromatic carbocycles. The quantitative estimate of drug-likeness (QED) is 0.915. The molecule has 2 nitrogen and oxygen atoms in total. The maximum atomic E-state index is 12.6. The first kappa shape index (κ1) is 14.1. The maximum Gasteiger partial charge on any atom is 0.416 e. The molecular formula is C14H16F3NO. The Morgan fingerprint density at radius 2 is 2.16 bits per heavy atom. The molecular weight excluding hydrogens is 255 g/mol. The van der Waals surface area contributed by atoms with Crippen molar-refractivity contribution < 1.29 is 18.0 Å². The van der Waals surface area contributed by atoms with E-state index in [2.05, 4.69) is 5.32 Å². The second kappa shape index (κ2) is 4.96. The summed E-state index contributed by atoms with van der Waals surface area (Å²) in [6.45, 7) is 2.60. The van der Waals surface area contributed by atoms with E-state index in [4.69, 9.17) is 0 Å². The van der Waals surface area contributed by atoms with Crippen molar-refractivity contribution in [3.05, 3.63) is 35.4 Å². The van der Waals surface area contributed by atoms with Crippen molar-refractivity contribution in [2.45, 2.75) is 37.9 Å². The number of alkyl halides is 3. The SMILES string of the molecule is CC1(C(=O)Cc2cccc(C(F)(F)F)c2)CCCN1. The summed E-state index contributed by atoms with van der Waals surface area (Å²) in [6.07, 6.45) is -2.67. The molecule has 1 fully saturated rings. The second-order valence-electron chi connectivity index (χ2n) is 5.16. The smallest absolute Gasteiger partial charge is 0.305 e. The summed E-state index contributed by atoms with van der Waals surface area (Å²) < 4.78 is 37.8. The number of nitrogens with one attached hydrogen (secondary N) is 1. The lowest BCUT2D eigenvalue weighted by molar-refractivity contribution is -0.137. The van der Waals surface area contributed by atoms with E-state index in [1.54, 1.807) is 6.07 Å². The van der Waals surface area contributed by atoms with Crippen molar-refractivity contribution >= 4 is 5.78 Å². The van der Waals surface area contributed by atoms with Gasteiger partial charge in [-0.25, -0.2) is 0 Å². The topological polar surface area (TPSA) is 29.1 Å². The molecule has 1 aliphatic heterocycles. The van der Waals surface area contributed by atoms with E-state index >= 15 is 0 Å². The molecule has 1 atom stereocenters. The number of hydrogen-bond donors (Lipinski definition) is 1. The zero-order chi connectivity index (χ0) is 14.1. The Morgan fingerprint density at radius 1 is 1.42 bits per heavy atom. The van der Waals surface area contributed by atoms with Gasteiger partial charge in [0.2, 0.25) is 0 Å². The monoisotopic (exact) mass is 271 g/mol. The molecule has 2 rings (SSSR count). The molecule has 19 heavy (non-hydrogen) atoms. The Bertz CT molecular complexity index is 476. The predicted molar refractivity (Wildman–Crippen MR) is 65.8 cm³/mol. The molecule has 1 aromatic rings. The van der Waals surface area contributed by atoms with E-state index in [0.717, 1.165) is 31.5 Å². The number of rotatable bonds is 3. The molecule has 0 aromatic heterocycles. The van der Waals surface area contributed by atoms with Crippen molar-refractivity contribution in [1.82, 2.24) is 5.32 Å². The van der Waals surface area contributed by atoms with Gasteiger partial charge in [0.15, 0.2) is 5.78 Å². The minimum Gasteiger partial charge on any atom is -0.305 e. The molecule has 0 aliphatic carbocycles. The fourth-order valence-electron chi connectivity index (χ4n) is 2.37. The number of benzene rings is 1. The van der Waals surface area contributed by atoms with Gasteiger partial charge in [0.1, 0.15) is 0 Å². The van der Waals surface area contributed by atoms with Gasteiger partial charge >= 0.3 is 6.18 Å². The van der Waals surface area contributed by atoms with E-state index in [1.807, 2.05) is 6.92 Å². The fraction of sp³-hybridized carbons (Fsp3) is 0.500. The molecule has 0 amide bonds. The van der Waals surface area contributed by atoms with E-state index in [9.17, 15) is 18.0 Å². The molecule has 1 saturated heterocycles. The van der Waals surface area contributed by atoms with Crippen molar-refractivity contribution in [2.75, 3.05) is 6.54 Å². The fourth-order valence-corrected chi connectivity index (χ4v) is 2.37. The first-order valence-corrected chi connectivity index (χ1v) is 6.26. The van der Waals surface area contributed by atoms with E-state index in [1.165, 1.54) is 6.07 Å². The standard InChI is InChI=1S/C14H16F3NO/c1-13(6-3-7-18-13)12(19)9-10-4-2-5-11(8-10)14(15,16)17/h2,4-5,8,18H,3,6-7,9H2,1H3. The highest BCUT2D eigenvalue weighted by atomic mass is 19.4. The van der Waals surface area contributed by atoms with Gasteiger partial charge in [0.25, 0.3) is 0 Å². The van der Waals surface area contributed by atoms with Crippen LogP contribution in [0.15, 0.2) is 24.3 Å². The minimum atomic E-state index is -4.37. The number of carbonyl (C=O) groups is 1. The van der Waals surface area contributed by atoms with Gasteiger partial charge in [-0.1, -0.05) is 18.2 Å². The second-order valence-corrected chi connectivity index (χ2v) is 5.16. The summed E-state index contributed by atoms with van der Waals surface area (Å²) in [4.78, 5) is 12.2. The lowest BCUT2D eigenvalue weighted by Gasteiger charge is -2.22. The highest BCUT2D eigenvalue weighted by Crippen LogP contribution is 2.30. The van der Waals surface area contributed by atoms with Gasteiger partial charge < -0.3 is 5.32 Å². The van der Waals surface area contributed by atoms with Gasteiger partial charge in [0, 0.05) is 6.42 Å². The van der Waals surface area contributed by atoms with Crippen LogP contribution in [-0.4, -0.2) is 17.9 Å². The highest BCUT2D eigenvalue weighted by Gasteiger charge is 2.36. The van der Waals surface area contributed by atoms with Gasteiger partial charge in [-0.3, -0.25) is 4.79 Å². The molecule has 1 heterocycles. The summed E-state index contributed by atoms with van der Waals surface area (Å²) in [7, 11) is 0. The number of halogens is 3. The maximum absolute atomic E-state index is 12.6. The molecule has 104 valence electrons. The summed E-state index contributed by atoms with van der Waals surface area (Å²) >= 11 is 0. The van der Waals surface area contributed by atoms with Crippen LogP contribution in [0.25, 0.3) is 0 Å². The molecule has 1 N–H and O–H groups in total. The summed E-state index contributed by atoms with van der Waals surface area (Å²) in [5.41, 5.74) is -0.883. The number of ketones is 1. The van der Waals surface area contributed by atoms with E-state index in [0.29, 0.717) is 5.56 Å². The summed E-state index contributed by atoms with van der Waals surface area (Å²) in [5.74, 6) is -0.0516. The highest BCUT2D eigenvalue weighted by molar-refractivity contribution is 5.90. The molecule has 1 unspecified atom stereocenters. The zero-order valence-electron chi connectivity index (χ0n) is 10.7. The first-order valence-electron chi connectivity index (χ1n) is 6.26. The predicted octanol–water partition coefficient (Wildman–Crippen LogP) is 2.96. The van der Waals surface area contributed by atoms with Crippen molar-refractivity contribution in [3.63, 3.8) is 0 Å². The average Bonchev–Trinajstić information content (AvgIpc) is 2.77. The van der Waals surface area contributed by atoms with Crippen molar-refractivity contribution in [3.8, 4) is 0 Å². The minimum absolute atomic E-state index is 0.0351. The van der Waals surface area contributed by atoms with Crippen LogP contribution in [0.4, 0.5) is 13.2 Å². The van der Waals surface area contributed by atoms with Crippen LogP contribution in [0.1, 0.15) is 30.9 Å². The lowest BCUT2D eigenvalue weighted by atomic mass is 9.90. The first-order chi connectivity index (χ1) is 8.81. The van der Waals surface area contributed by atoms with E-state index < -0.39 is 17.3 Å². The Balaban J connectivity index is 2.13. The van der Waals surface area contributed by atoms with Crippen LogP contribution in [0.3, 0.4) is 0 Å². The van der Waals surface area contributed by atoms with Crippen molar-refractivity contribution in [1.29, 1.82) is 0 Å². The molecule has 5 heteroatoms.